The van der Waals surface area contributed by atoms with E-state index in [1.165, 1.54) is 11.6 Å². The van der Waals surface area contributed by atoms with Crippen LogP contribution in [0.15, 0.2) is 43.0 Å². The van der Waals surface area contributed by atoms with E-state index in [-0.39, 0.29) is 0 Å². The minimum absolute atomic E-state index is 0.554. The molecule has 1 aromatic carbocycles. The molecule has 1 rings (SSSR count). The van der Waals surface area contributed by atoms with Crippen LogP contribution in [-0.2, 0) is 11.3 Å². The van der Waals surface area contributed by atoms with E-state index in [2.05, 4.69) is 6.58 Å². The van der Waals surface area contributed by atoms with Gasteiger partial charge in [-0.25, -0.2) is 4.39 Å². The van der Waals surface area contributed by atoms with Crippen LogP contribution < -0.4 is 0 Å². The summed E-state index contributed by atoms with van der Waals surface area (Å²) in [4.78, 5) is 0. The van der Waals surface area contributed by atoms with Gasteiger partial charge in [0.15, 0.2) is 0 Å². The van der Waals surface area contributed by atoms with Crippen molar-refractivity contribution >= 4 is 0 Å². The van der Waals surface area contributed by atoms with Gasteiger partial charge < -0.3 is 4.74 Å². The van der Waals surface area contributed by atoms with Crippen LogP contribution in [0.4, 0.5) is 4.39 Å². The standard InChI is InChI=1S/C14H19FO/c1-2-14(15)10-6-7-11-16-12-13-8-4-3-5-9-13/h2-5,8-9,14H,1,6-7,10-12H2/t14-/m0/s1. The summed E-state index contributed by atoms with van der Waals surface area (Å²) in [5.74, 6) is 0. The molecule has 88 valence electrons. The summed E-state index contributed by atoms with van der Waals surface area (Å²) < 4.78 is 18.2. The van der Waals surface area contributed by atoms with Gasteiger partial charge in [-0.2, -0.15) is 0 Å². The molecule has 0 amide bonds. The van der Waals surface area contributed by atoms with Gasteiger partial charge in [-0.3, -0.25) is 0 Å². The van der Waals surface area contributed by atoms with Crippen molar-refractivity contribution < 1.29 is 9.13 Å². The van der Waals surface area contributed by atoms with Crippen LogP contribution >= 0.6 is 0 Å². The normalized spacial score (nSPS) is 12.3. The molecule has 1 aromatic rings. The zero-order valence-corrected chi connectivity index (χ0v) is 9.57. The molecule has 0 saturated carbocycles. The van der Waals surface area contributed by atoms with E-state index in [4.69, 9.17) is 4.74 Å². The Morgan fingerprint density at radius 1 is 1.25 bits per heavy atom. The van der Waals surface area contributed by atoms with Crippen LogP contribution in [0.5, 0.6) is 0 Å². The van der Waals surface area contributed by atoms with Crippen LogP contribution in [0, 0.1) is 0 Å². The first kappa shape index (κ1) is 12.9. The minimum Gasteiger partial charge on any atom is -0.377 e. The van der Waals surface area contributed by atoms with Gasteiger partial charge in [-0.05, 0) is 24.8 Å². The molecule has 0 fully saturated rings. The minimum atomic E-state index is -0.867. The molecular formula is C14H19FO. The van der Waals surface area contributed by atoms with Crippen molar-refractivity contribution in [3.63, 3.8) is 0 Å². The van der Waals surface area contributed by atoms with Crippen molar-refractivity contribution in [2.45, 2.75) is 32.0 Å². The predicted octanol–water partition coefficient (Wildman–Crippen LogP) is 3.90. The Hall–Kier alpha value is -1.15. The largest absolute Gasteiger partial charge is 0.377 e. The lowest BCUT2D eigenvalue weighted by Gasteiger charge is -2.05. The first-order valence-corrected chi connectivity index (χ1v) is 5.71. The highest BCUT2D eigenvalue weighted by Crippen LogP contribution is 2.06. The number of ether oxygens (including phenoxy) is 1. The Bertz CT molecular complexity index is 284. The van der Waals surface area contributed by atoms with Gasteiger partial charge in [0.25, 0.3) is 0 Å². The van der Waals surface area contributed by atoms with Crippen LogP contribution in [0.1, 0.15) is 24.8 Å². The highest BCUT2D eigenvalue weighted by Gasteiger charge is 1.99. The lowest BCUT2D eigenvalue weighted by molar-refractivity contribution is 0.115. The molecule has 1 atom stereocenters. The van der Waals surface area contributed by atoms with Gasteiger partial charge in [0.2, 0.25) is 0 Å². The number of alkyl halides is 1. The van der Waals surface area contributed by atoms with E-state index in [1.807, 2.05) is 30.3 Å². The molecule has 16 heavy (non-hydrogen) atoms. The highest BCUT2D eigenvalue weighted by atomic mass is 19.1. The van der Waals surface area contributed by atoms with E-state index < -0.39 is 6.17 Å². The maximum absolute atomic E-state index is 12.7. The monoisotopic (exact) mass is 222 g/mol. The average Bonchev–Trinajstić information content (AvgIpc) is 2.34. The van der Waals surface area contributed by atoms with Gasteiger partial charge in [0, 0.05) is 6.61 Å². The maximum Gasteiger partial charge on any atom is 0.118 e. The number of hydrogen-bond donors (Lipinski definition) is 0. The van der Waals surface area contributed by atoms with Gasteiger partial charge in [-0.1, -0.05) is 36.4 Å². The topological polar surface area (TPSA) is 9.23 Å². The van der Waals surface area contributed by atoms with Crippen molar-refractivity contribution in [3.05, 3.63) is 48.6 Å². The van der Waals surface area contributed by atoms with Crippen molar-refractivity contribution in [2.24, 2.45) is 0 Å². The van der Waals surface area contributed by atoms with Crippen LogP contribution in [0.2, 0.25) is 0 Å². The van der Waals surface area contributed by atoms with E-state index in [0.717, 1.165) is 12.8 Å². The van der Waals surface area contributed by atoms with E-state index >= 15 is 0 Å². The number of allylic oxidation sites excluding steroid dienone is 1. The molecule has 2 heteroatoms. The summed E-state index contributed by atoms with van der Waals surface area (Å²) in [6.45, 7) is 4.74. The summed E-state index contributed by atoms with van der Waals surface area (Å²) >= 11 is 0. The smallest absolute Gasteiger partial charge is 0.118 e. The predicted molar refractivity (Wildman–Crippen MR) is 65.0 cm³/mol. The second-order valence-corrected chi connectivity index (χ2v) is 3.79. The fraction of sp³-hybridized carbons (Fsp3) is 0.429. The third-order valence-corrected chi connectivity index (χ3v) is 2.39. The first-order valence-electron chi connectivity index (χ1n) is 5.71. The Kier molecular flexibility index (Phi) is 6.50. The number of unbranched alkanes of at least 4 members (excludes halogenated alkanes) is 1. The van der Waals surface area contributed by atoms with E-state index in [0.29, 0.717) is 19.6 Å². The molecule has 0 spiro atoms. The summed E-state index contributed by atoms with van der Waals surface area (Å²) in [5, 5.41) is 0. The zero-order valence-electron chi connectivity index (χ0n) is 9.57. The lowest BCUT2D eigenvalue weighted by atomic mass is 10.2. The number of hydrogen-bond acceptors (Lipinski definition) is 1. The zero-order chi connectivity index (χ0) is 11.6. The molecule has 0 N–H and O–H groups in total. The van der Waals surface area contributed by atoms with Crippen LogP contribution in [0.25, 0.3) is 0 Å². The Morgan fingerprint density at radius 2 is 2.00 bits per heavy atom. The van der Waals surface area contributed by atoms with Gasteiger partial charge in [0.05, 0.1) is 6.61 Å². The van der Waals surface area contributed by atoms with E-state index in [1.54, 1.807) is 0 Å². The molecule has 0 heterocycles. The van der Waals surface area contributed by atoms with Crippen LogP contribution in [0.3, 0.4) is 0 Å². The third kappa shape index (κ3) is 5.66. The van der Waals surface area contributed by atoms with Crippen molar-refractivity contribution in [1.82, 2.24) is 0 Å². The summed E-state index contributed by atoms with van der Waals surface area (Å²) in [5.41, 5.74) is 1.18. The number of halogens is 1. The average molecular weight is 222 g/mol. The SMILES string of the molecule is C=C[C@H](F)CCCCOCc1ccccc1. The molecule has 0 aliphatic rings. The fourth-order valence-electron chi connectivity index (χ4n) is 1.43. The molecule has 0 aliphatic heterocycles. The first-order chi connectivity index (χ1) is 7.83. The quantitative estimate of drug-likeness (QED) is 0.479. The van der Waals surface area contributed by atoms with Gasteiger partial charge in [0.1, 0.15) is 6.17 Å². The highest BCUT2D eigenvalue weighted by molar-refractivity contribution is 5.13. The molecule has 0 aliphatic carbocycles. The molecule has 0 aromatic heterocycles. The lowest BCUT2D eigenvalue weighted by Crippen LogP contribution is -1.98. The molecule has 0 saturated heterocycles. The van der Waals surface area contributed by atoms with Gasteiger partial charge >= 0.3 is 0 Å². The summed E-state index contributed by atoms with van der Waals surface area (Å²) in [6.07, 6.45) is 2.79. The molecule has 1 nitrogen and oxygen atoms in total. The third-order valence-electron chi connectivity index (χ3n) is 2.39. The Balaban J connectivity index is 1.98. The molecule has 0 unspecified atom stereocenters. The van der Waals surface area contributed by atoms with Crippen LogP contribution in [-0.4, -0.2) is 12.8 Å². The number of rotatable bonds is 8. The second kappa shape index (κ2) is 8.05. The Labute approximate surface area is 96.9 Å². The van der Waals surface area contributed by atoms with Crippen molar-refractivity contribution in [1.29, 1.82) is 0 Å². The molecule has 0 radical (unpaired) electrons. The van der Waals surface area contributed by atoms with E-state index in [9.17, 15) is 4.39 Å². The summed E-state index contributed by atoms with van der Waals surface area (Å²) in [7, 11) is 0. The molecule has 0 bridgehead atoms. The summed E-state index contributed by atoms with van der Waals surface area (Å²) in [6, 6.07) is 10.1. The maximum atomic E-state index is 12.7. The van der Waals surface area contributed by atoms with Crippen molar-refractivity contribution in [2.75, 3.05) is 6.61 Å². The number of benzene rings is 1. The molecular weight excluding hydrogens is 203 g/mol. The Morgan fingerprint density at radius 3 is 2.69 bits per heavy atom. The van der Waals surface area contributed by atoms with Crippen molar-refractivity contribution in [3.8, 4) is 0 Å². The van der Waals surface area contributed by atoms with Gasteiger partial charge in [-0.15, -0.1) is 6.58 Å². The second-order valence-electron chi connectivity index (χ2n) is 3.79. The fourth-order valence-corrected chi connectivity index (χ4v) is 1.43.